The predicted molar refractivity (Wildman–Crippen MR) is 83.1 cm³/mol. The van der Waals surface area contributed by atoms with Crippen molar-refractivity contribution in [2.75, 3.05) is 53.0 Å². The Kier molecular flexibility index (Phi) is 6.89. The molecule has 1 aromatic rings. The summed E-state index contributed by atoms with van der Waals surface area (Å²) in [7, 11) is 1.72. The summed E-state index contributed by atoms with van der Waals surface area (Å²) in [5, 5.41) is 6.73. The first kappa shape index (κ1) is 15.9. The van der Waals surface area contributed by atoms with Gasteiger partial charge in [-0.15, -0.1) is 11.3 Å². The maximum absolute atomic E-state index is 5.01. The molecule has 2 heterocycles. The van der Waals surface area contributed by atoms with E-state index in [1.807, 2.05) is 0 Å². The average molecular weight is 298 g/mol. The van der Waals surface area contributed by atoms with Crippen LogP contribution in [0.25, 0.3) is 0 Å². The second kappa shape index (κ2) is 8.69. The molecule has 5 nitrogen and oxygen atoms in total. The number of aromatic nitrogens is 1. The number of nitrogens with one attached hydrogen (secondary N) is 1. The topological polar surface area (TPSA) is 40.6 Å². The van der Waals surface area contributed by atoms with E-state index < -0.39 is 0 Å². The summed E-state index contributed by atoms with van der Waals surface area (Å²) >= 11 is 1.78. The second-order valence-electron chi connectivity index (χ2n) is 5.11. The molecule has 1 fully saturated rings. The van der Waals surface area contributed by atoms with E-state index in [9.17, 15) is 0 Å². The molecule has 114 valence electrons. The van der Waals surface area contributed by atoms with Crippen molar-refractivity contribution in [2.45, 2.75) is 20.0 Å². The Morgan fingerprint density at radius 1 is 1.30 bits per heavy atom. The largest absolute Gasteiger partial charge is 0.383 e. The minimum Gasteiger partial charge on any atom is -0.383 e. The first-order chi connectivity index (χ1) is 9.81. The van der Waals surface area contributed by atoms with E-state index in [2.05, 4.69) is 27.4 Å². The number of nitrogens with zero attached hydrogens (tertiary/aromatic N) is 3. The highest BCUT2D eigenvalue weighted by Gasteiger charge is 2.16. The van der Waals surface area contributed by atoms with Crippen molar-refractivity contribution in [2.24, 2.45) is 0 Å². The maximum Gasteiger partial charge on any atom is 0.107 e. The molecule has 0 spiro atoms. The Balaban J connectivity index is 1.70. The molecule has 1 aromatic heterocycles. The number of thiazole rings is 1. The lowest BCUT2D eigenvalue weighted by Gasteiger charge is -2.33. The van der Waals surface area contributed by atoms with Gasteiger partial charge in [-0.05, 0) is 6.54 Å². The van der Waals surface area contributed by atoms with Crippen LogP contribution in [0.1, 0.15) is 17.6 Å². The summed E-state index contributed by atoms with van der Waals surface area (Å²) in [5.41, 5.74) is 1.15. The smallest absolute Gasteiger partial charge is 0.107 e. The highest BCUT2D eigenvalue weighted by atomic mass is 32.1. The Hall–Kier alpha value is -0.530. The van der Waals surface area contributed by atoms with Crippen LogP contribution in [-0.4, -0.2) is 67.8 Å². The Morgan fingerprint density at radius 3 is 2.75 bits per heavy atom. The lowest BCUT2D eigenvalue weighted by atomic mass is 10.3. The highest BCUT2D eigenvalue weighted by Crippen LogP contribution is 2.13. The molecule has 1 saturated heterocycles. The molecular formula is C14H26N4OS. The molecule has 0 aromatic carbocycles. The van der Waals surface area contributed by atoms with Crippen LogP contribution in [0, 0.1) is 0 Å². The third-order valence-corrected chi connectivity index (χ3v) is 4.54. The molecule has 0 amide bonds. The van der Waals surface area contributed by atoms with Crippen LogP contribution in [-0.2, 0) is 17.8 Å². The summed E-state index contributed by atoms with van der Waals surface area (Å²) in [5.74, 6) is 0. The van der Waals surface area contributed by atoms with Crippen LogP contribution >= 0.6 is 11.3 Å². The van der Waals surface area contributed by atoms with Gasteiger partial charge in [0.1, 0.15) is 5.01 Å². The lowest BCUT2D eigenvalue weighted by Crippen LogP contribution is -2.45. The van der Waals surface area contributed by atoms with Gasteiger partial charge >= 0.3 is 0 Å². The fraction of sp³-hybridized carbons (Fsp3) is 0.786. The van der Waals surface area contributed by atoms with Crippen molar-refractivity contribution in [3.63, 3.8) is 0 Å². The fourth-order valence-corrected chi connectivity index (χ4v) is 3.18. The molecule has 0 unspecified atom stereocenters. The fourth-order valence-electron chi connectivity index (χ4n) is 2.35. The van der Waals surface area contributed by atoms with Gasteiger partial charge in [-0.2, -0.15) is 0 Å². The van der Waals surface area contributed by atoms with Gasteiger partial charge in [0.2, 0.25) is 0 Å². The molecule has 1 aliphatic rings. The lowest BCUT2D eigenvalue weighted by molar-refractivity contribution is 0.132. The third-order valence-electron chi connectivity index (χ3n) is 3.66. The van der Waals surface area contributed by atoms with Gasteiger partial charge < -0.3 is 15.0 Å². The molecule has 0 saturated carbocycles. The first-order valence-corrected chi connectivity index (χ1v) is 8.27. The van der Waals surface area contributed by atoms with Crippen LogP contribution in [0.5, 0.6) is 0 Å². The summed E-state index contributed by atoms with van der Waals surface area (Å²) < 4.78 is 5.01. The van der Waals surface area contributed by atoms with Crippen LogP contribution in [0.4, 0.5) is 0 Å². The Morgan fingerprint density at radius 2 is 2.05 bits per heavy atom. The number of ether oxygens (including phenoxy) is 1. The zero-order valence-corrected chi connectivity index (χ0v) is 13.4. The average Bonchev–Trinajstić information content (AvgIpc) is 2.92. The van der Waals surface area contributed by atoms with Crippen molar-refractivity contribution >= 4 is 11.3 Å². The molecule has 0 radical (unpaired) electrons. The van der Waals surface area contributed by atoms with Gasteiger partial charge in [-0.3, -0.25) is 4.90 Å². The van der Waals surface area contributed by atoms with E-state index in [-0.39, 0.29) is 0 Å². The van der Waals surface area contributed by atoms with Crippen molar-refractivity contribution in [1.82, 2.24) is 20.1 Å². The summed E-state index contributed by atoms with van der Waals surface area (Å²) in [6.07, 6.45) is 0. The molecule has 1 N–H and O–H groups in total. The monoisotopic (exact) mass is 298 g/mol. The number of rotatable bonds is 8. The number of hydrogen-bond acceptors (Lipinski definition) is 6. The molecule has 0 bridgehead atoms. The van der Waals surface area contributed by atoms with Crippen LogP contribution in [0.3, 0.4) is 0 Å². The van der Waals surface area contributed by atoms with Crippen LogP contribution in [0.2, 0.25) is 0 Å². The van der Waals surface area contributed by atoms with Crippen LogP contribution in [0.15, 0.2) is 5.38 Å². The zero-order valence-electron chi connectivity index (χ0n) is 12.6. The molecule has 0 atom stereocenters. The van der Waals surface area contributed by atoms with Gasteiger partial charge in [-0.1, -0.05) is 6.92 Å². The number of likely N-dealkylation sites (N-methyl/N-ethyl adjacent to an activating group) is 1. The molecule has 1 aliphatic heterocycles. The SMILES string of the molecule is CCN1CCN(Cc2nc(CNCCOC)cs2)CC1. The van der Waals surface area contributed by atoms with Gasteiger partial charge in [0.05, 0.1) is 18.8 Å². The Labute approximate surface area is 125 Å². The zero-order chi connectivity index (χ0) is 14.2. The van der Waals surface area contributed by atoms with E-state index in [1.165, 1.54) is 24.6 Å². The minimum atomic E-state index is 0.749. The van der Waals surface area contributed by atoms with Gasteiger partial charge in [-0.25, -0.2) is 4.98 Å². The van der Waals surface area contributed by atoms with Crippen molar-refractivity contribution in [3.05, 3.63) is 16.1 Å². The third kappa shape index (κ3) is 5.10. The number of piperazine rings is 1. The molecule has 0 aliphatic carbocycles. The second-order valence-corrected chi connectivity index (χ2v) is 6.06. The first-order valence-electron chi connectivity index (χ1n) is 7.39. The van der Waals surface area contributed by atoms with E-state index >= 15 is 0 Å². The summed E-state index contributed by atoms with van der Waals surface area (Å²) in [6.45, 7) is 11.6. The quantitative estimate of drug-likeness (QED) is 0.726. The normalized spacial score (nSPS) is 17.7. The van der Waals surface area contributed by atoms with Crippen molar-refractivity contribution < 1.29 is 4.74 Å². The van der Waals surface area contributed by atoms with E-state index in [1.54, 1.807) is 18.4 Å². The molecule has 2 rings (SSSR count). The highest BCUT2D eigenvalue weighted by molar-refractivity contribution is 7.09. The number of hydrogen-bond donors (Lipinski definition) is 1. The predicted octanol–water partition coefficient (Wildman–Crippen LogP) is 1.02. The number of methoxy groups -OCH3 is 1. The molecule has 6 heteroatoms. The Bertz CT molecular complexity index is 377. The van der Waals surface area contributed by atoms with E-state index in [4.69, 9.17) is 9.72 Å². The molecular weight excluding hydrogens is 272 g/mol. The van der Waals surface area contributed by atoms with Gasteiger partial charge in [0, 0.05) is 51.8 Å². The van der Waals surface area contributed by atoms with E-state index in [0.29, 0.717) is 0 Å². The summed E-state index contributed by atoms with van der Waals surface area (Å²) in [4.78, 5) is 9.71. The van der Waals surface area contributed by atoms with Gasteiger partial charge in [0.25, 0.3) is 0 Å². The van der Waals surface area contributed by atoms with Crippen molar-refractivity contribution in [1.29, 1.82) is 0 Å². The standard InChI is InChI=1S/C14H26N4OS/c1-3-17-5-7-18(8-6-17)11-14-16-13(12-20-14)10-15-4-9-19-2/h12,15H,3-11H2,1-2H3. The summed E-state index contributed by atoms with van der Waals surface area (Å²) in [6, 6.07) is 0. The van der Waals surface area contributed by atoms with Crippen molar-refractivity contribution in [3.8, 4) is 0 Å². The maximum atomic E-state index is 5.01. The van der Waals surface area contributed by atoms with Gasteiger partial charge in [0.15, 0.2) is 0 Å². The minimum absolute atomic E-state index is 0.749. The van der Waals surface area contributed by atoms with Crippen LogP contribution < -0.4 is 5.32 Å². The molecule has 20 heavy (non-hydrogen) atoms. The van der Waals surface area contributed by atoms with E-state index in [0.717, 1.165) is 45.0 Å².